The van der Waals surface area contributed by atoms with Gasteiger partial charge in [-0.2, -0.15) is 4.31 Å². The summed E-state index contributed by atoms with van der Waals surface area (Å²) in [6, 6.07) is 12.9. The van der Waals surface area contributed by atoms with Gasteiger partial charge in [-0.05, 0) is 17.7 Å². The smallest absolute Gasteiger partial charge is 0.277 e. The summed E-state index contributed by atoms with van der Waals surface area (Å²) in [7, 11) is -1.42. The van der Waals surface area contributed by atoms with Crippen molar-refractivity contribution in [1.29, 1.82) is 0 Å². The predicted octanol–water partition coefficient (Wildman–Crippen LogP) is -0.0315. The number of rotatable bonds is 7. The van der Waals surface area contributed by atoms with E-state index in [0.29, 0.717) is 39.3 Å². The lowest BCUT2D eigenvalue weighted by Crippen LogP contribution is -3.08. The number of piperazine rings is 1. The van der Waals surface area contributed by atoms with E-state index in [9.17, 15) is 13.2 Å². The molecule has 1 N–H and O–H groups in total. The van der Waals surface area contributed by atoms with Gasteiger partial charge in [0.05, 0.1) is 19.1 Å². The Balaban J connectivity index is 1.48. The maximum Gasteiger partial charge on any atom is 0.277 e. The van der Waals surface area contributed by atoms with E-state index in [0.717, 1.165) is 16.2 Å². The first kappa shape index (κ1) is 19.6. The van der Waals surface area contributed by atoms with Gasteiger partial charge in [-0.1, -0.05) is 30.3 Å². The molecule has 0 spiro atoms. The van der Waals surface area contributed by atoms with E-state index in [1.165, 1.54) is 4.31 Å². The minimum absolute atomic E-state index is 0.00216. The first-order valence-corrected chi connectivity index (χ1v) is 10.7. The standard InChI is InChI=1S/C19H25N3O4S/c1-20(14-18-8-5-13-26-18)15-19(23)21-9-11-22(12-10-21)27(24,25)16-17-6-3-2-4-7-17/h2-8,13H,9-12,14-16H2,1H3/p+1. The SMILES string of the molecule is C[NH+](CC(=O)N1CCN(S(=O)(=O)Cc2ccccc2)CC1)Cc1ccco1. The van der Waals surface area contributed by atoms with Gasteiger partial charge in [0.1, 0.15) is 6.54 Å². The zero-order valence-corrected chi connectivity index (χ0v) is 16.3. The van der Waals surface area contributed by atoms with E-state index in [1.807, 2.05) is 49.5 Å². The van der Waals surface area contributed by atoms with Crippen LogP contribution < -0.4 is 4.90 Å². The van der Waals surface area contributed by atoms with Gasteiger partial charge in [0.25, 0.3) is 5.91 Å². The Morgan fingerprint density at radius 2 is 1.78 bits per heavy atom. The first-order chi connectivity index (χ1) is 12.9. The maximum absolute atomic E-state index is 12.6. The van der Waals surface area contributed by atoms with E-state index < -0.39 is 10.0 Å². The second-order valence-electron chi connectivity index (χ2n) is 6.91. The van der Waals surface area contributed by atoms with Gasteiger partial charge >= 0.3 is 0 Å². The predicted molar refractivity (Wildman–Crippen MR) is 101 cm³/mol. The Hall–Kier alpha value is -2.16. The molecule has 3 rings (SSSR count). The highest BCUT2D eigenvalue weighted by atomic mass is 32.2. The molecule has 0 aliphatic carbocycles. The molecule has 0 saturated carbocycles. The number of amides is 1. The van der Waals surface area contributed by atoms with E-state index in [-0.39, 0.29) is 11.7 Å². The topological polar surface area (TPSA) is 75.3 Å². The summed E-state index contributed by atoms with van der Waals surface area (Å²) in [5.74, 6) is 0.883. The molecule has 2 heterocycles. The average Bonchev–Trinajstić information content (AvgIpc) is 3.15. The van der Waals surface area contributed by atoms with Crippen molar-refractivity contribution in [3.63, 3.8) is 0 Å². The van der Waals surface area contributed by atoms with Gasteiger partial charge in [-0.3, -0.25) is 4.79 Å². The van der Waals surface area contributed by atoms with Gasteiger partial charge in [-0.15, -0.1) is 0 Å². The Bertz CT molecular complexity index is 829. The molecule has 1 aromatic carbocycles. The van der Waals surface area contributed by atoms with Crippen molar-refractivity contribution < 1.29 is 22.5 Å². The molecule has 1 aromatic heterocycles. The molecule has 1 fully saturated rings. The minimum atomic E-state index is -3.37. The second kappa shape index (κ2) is 8.69. The van der Waals surface area contributed by atoms with Crippen molar-refractivity contribution in [2.75, 3.05) is 39.8 Å². The quantitative estimate of drug-likeness (QED) is 0.718. The summed E-state index contributed by atoms with van der Waals surface area (Å²) in [4.78, 5) is 15.3. The lowest BCUT2D eigenvalue weighted by Gasteiger charge is -2.34. The molecule has 1 amide bonds. The highest BCUT2D eigenvalue weighted by Crippen LogP contribution is 2.13. The normalized spacial score (nSPS) is 17.0. The number of quaternary nitrogens is 1. The monoisotopic (exact) mass is 392 g/mol. The van der Waals surface area contributed by atoms with Crippen LogP contribution in [0.5, 0.6) is 0 Å². The van der Waals surface area contributed by atoms with Crippen molar-refractivity contribution in [3.05, 3.63) is 60.1 Å². The van der Waals surface area contributed by atoms with Crippen LogP contribution in [0.2, 0.25) is 0 Å². The van der Waals surface area contributed by atoms with Crippen LogP contribution in [0, 0.1) is 0 Å². The fourth-order valence-corrected chi connectivity index (χ4v) is 4.75. The van der Waals surface area contributed by atoms with E-state index >= 15 is 0 Å². The molecular formula is C19H26N3O4S+. The Morgan fingerprint density at radius 1 is 1.07 bits per heavy atom. The van der Waals surface area contributed by atoms with Crippen molar-refractivity contribution in [1.82, 2.24) is 9.21 Å². The van der Waals surface area contributed by atoms with Crippen LogP contribution >= 0.6 is 0 Å². The summed E-state index contributed by atoms with van der Waals surface area (Å²) >= 11 is 0. The van der Waals surface area contributed by atoms with Gasteiger partial charge in [-0.25, -0.2) is 8.42 Å². The third-order valence-corrected chi connectivity index (χ3v) is 6.54. The van der Waals surface area contributed by atoms with E-state index in [2.05, 4.69) is 0 Å². The molecule has 1 aliphatic heterocycles. The molecule has 146 valence electrons. The van der Waals surface area contributed by atoms with Crippen molar-refractivity contribution >= 4 is 15.9 Å². The molecule has 7 nitrogen and oxygen atoms in total. The number of furan rings is 1. The Labute approximate surface area is 160 Å². The van der Waals surface area contributed by atoms with Crippen LogP contribution in [0.3, 0.4) is 0 Å². The third-order valence-electron chi connectivity index (χ3n) is 4.69. The zero-order chi connectivity index (χ0) is 19.3. The average molecular weight is 393 g/mol. The number of sulfonamides is 1. The van der Waals surface area contributed by atoms with Crippen LogP contribution in [-0.4, -0.2) is 63.3 Å². The van der Waals surface area contributed by atoms with Gasteiger partial charge in [0.15, 0.2) is 12.3 Å². The number of hydrogen-bond donors (Lipinski definition) is 1. The van der Waals surface area contributed by atoms with Crippen LogP contribution in [0.4, 0.5) is 0 Å². The number of hydrogen-bond acceptors (Lipinski definition) is 4. The molecule has 0 radical (unpaired) electrons. The first-order valence-electron chi connectivity index (χ1n) is 9.07. The number of benzene rings is 1. The van der Waals surface area contributed by atoms with E-state index in [1.54, 1.807) is 11.2 Å². The van der Waals surface area contributed by atoms with Crippen LogP contribution in [-0.2, 0) is 27.1 Å². The largest absolute Gasteiger partial charge is 0.463 e. The number of nitrogens with zero attached hydrogens (tertiary/aromatic N) is 2. The number of carbonyl (C=O) groups excluding carboxylic acids is 1. The number of likely N-dealkylation sites (N-methyl/N-ethyl adjacent to an activating group) is 1. The molecule has 1 unspecified atom stereocenters. The van der Waals surface area contributed by atoms with Crippen LogP contribution in [0.1, 0.15) is 11.3 Å². The van der Waals surface area contributed by atoms with Gasteiger partial charge in [0, 0.05) is 26.2 Å². The third kappa shape index (κ3) is 5.41. The summed E-state index contributed by atoms with van der Waals surface area (Å²) in [5.41, 5.74) is 0.777. The maximum atomic E-state index is 12.6. The summed E-state index contributed by atoms with van der Waals surface area (Å²) in [6.07, 6.45) is 1.62. The molecule has 8 heteroatoms. The highest BCUT2D eigenvalue weighted by Gasteiger charge is 2.29. The molecular weight excluding hydrogens is 366 g/mol. The molecule has 0 bridgehead atoms. The zero-order valence-electron chi connectivity index (χ0n) is 15.5. The molecule has 1 saturated heterocycles. The van der Waals surface area contributed by atoms with Gasteiger partial charge < -0.3 is 14.2 Å². The molecule has 1 atom stereocenters. The fourth-order valence-electron chi connectivity index (χ4n) is 3.23. The Morgan fingerprint density at radius 3 is 2.41 bits per heavy atom. The van der Waals surface area contributed by atoms with Crippen molar-refractivity contribution in [2.24, 2.45) is 0 Å². The molecule has 2 aromatic rings. The summed E-state index contributed by atoms with van der Waals surface area (Å²) in [5, 5.41) is 0. The number of carbonyl (C=O) groups is 1. The van der Waals surface area contributed by atoms with Crippen LogP contribution in [0.15, 0.2) is 53.1 Å². The highest BCUT2D eigenvalue weighted by molar-refractivity contribution is 7.88. The van der Waals surface area contributed by atoms with Crippen molar-refractivity contribution in [3.8, 4) is 0 Å². The van der Waals surface area contributed by atoms with Gasteiger partial charge in [0.2, 0.25) is 10.0 Å². The van der Waals surface area contributed by atoms with Crippen molar-refractivity contribution in [2.45, 2.75) is 12.3 Å². The molecule has 27 heavy (non-hydrogen) atoms. The lowest BCUT2D eigenvalue weighted by molar-refractivity contribution is -0.886. The number of nitrogens with one attached hydrogen (secondary N) is 1. The lowest BCUT2D eigenvalue weighted by atomic mass is 10.2. The fraction of sp³-hybridized carbons (Fsp3) is 0.421. The molecule has 1 aliphatic rings. The second-order valence-corrected chi connectivity index (χ2v) is 8.88. The minimum Gasteiger partial charge on any atom is -0.463 e. The van der Waals surface area contributed by atoms with Crippen LogP contribution in [0.25, 0.3) is 0 Å². The van der Waals surface area contributed by atoms with E-state index in [4.69, 9.17) is 4.42 Å². The Kier molecular flexibility index (Phi) is 6.30. The summed E-state index contributed by atoms with van der Waals surface area (Å²) < 4.78 is 32.0. The summed E-state index contributed by atoms with van der Waals surface area (Å²) in [6.45, 7) is 2.56.